The molecular weight excluding hydrogens is 256 g/mol. The van der Waals surface area contributed by atoms with Gasteiger partial charge in [-0.25, -0.2) is 0 Å². The van der Waals surface area contributed by atoms with Crippen LogP contribution in [0.15, 0.2) is 36.7 Å². The number of likely N-dealkylation sites (N-methyl/N-ethyl adjacent to an activating group) is 1. The van der Waals surface area contributed by atoms with E-state index in [2.05, 4.69) is 10.4 Å². The second-order valence-electron chi connectivity index (χ2n) is 4.55. The Morgan fingerprint density at radius 2 is 2.10 bits per heavy atom. The van der Waals surface area contributed by atoms with Gasteiger partial charge < -0.3 is 15.3 Å². The number of aromatic nitrogens is 2. The normalized spacial score (nSPS) is 10.3. The summed E-state index contributed by atoms with van der Waals surface area (Å²) >= 11 is 0. The summed E-state index contributed by atoms with van der Waals surface area (Å²) in [6.45, 7) is 0.678. The van der Waals surface area contributed by atoms with Crippen molar-refractivity contribution in [2.45, 2.75) is 0 Å². The van der Waals surface area contributed by atoms with Gasteiger partial charge in [0.25, 0.3) is 5.91 Å². The van der Waals surface area contributed by atoms with Crippen LogP contribution in [0.1, 0.15) is 10.4 Å². The predicted molar refractivity (Wildman–Crippen MR) is 78.0 cm³/mol. The zero-order valence-corrected chi connectivity index (χ0v) is 11.6. The molecule has 0 aliphatic rings. The number of rotatable bonds is 5. The molecule has 2 N–H and O–H groups in total. The molecular formula is C14H18N4O2. The SMILES string of the molecule is CN(CCO)c1ccc(NC(=O)c2cnn(C)c2)cc1. The van der Waals surface area contributed by atoms with Crippen molar-refractivity contribution in [3.8, 4) is 0 Å². The Hall–Kier alpha value is -2.34. The van der Waals surface area contributed by atoms with Gasteiger partial charge in [0.1, 0.15) is 0 Å². The number of nitrogens with zero attached hydrogens (tertiary/aromatic N) is 3. The van der Waals surface area contributed by atoms with E-state index in [0.29, 0.717) is 12.1 Å². The number of aryl methyl sites for hydroxylation is 1. The summed E-state index contributed by atoms with van der Waals surface area (Å²) in [5.41, 5.74) is 2.23. The van der Waals surface area contributed by atoms with Crippen molar-refractivity contribution < 1.29 is 9.90 Å². The molecule has 0 bridgehead atoms. The number of aliphatic hydroxyl groups excluding tert-OH is 1. The zero-order valence-electron chi connectivity index (χ0n) is 11.6. The van der Waals surface area contributed by atoms with E-state index in [0.717, 1.165) is 11.4 Å². The zero-order chi connectivity index (χ0) is 14.5. The lowest BCUT2D eigenvalue weighted by Crippen LogP contribution is -2.21. The minimum Gasteiger partial charge on any atom is -0.395 e. The van der Waals surface area contributed by atoms with Gasteiger partial charge in [0.2, 0.25) is 0 Å². The highest BCUT2D eigenvalue weighted by Crippen LogP contribution is 2.17. The maximum absolute atomic E-state index is 11.9. The van der Waals surface area contributed by atoms with Crippen molar-refractivity contribution in [3.05, 3.63) is 42.2 Å². The maximum Gasteiger partial charge on any atom is 0.258 e. The fourth-order valence-corrected chi connectivity index (χ4v) is 1.82. The average molecular weight is 274 g/mol. The van der Waals surface area contributed by atoms with Crippen LogP contribution in [0.5, 0.6) is 0 Å². The van der Waals surface area contributed by atoms with Crippen molar-refractivity contribution in [2.24, 2.45) is 7.05 Å². The van der Waals surface area contributed by atoms with Crippen LogP contribution in [0.2, 0.25) is 0 Å². The molecule has 0 saturated heterocycles. The van der Waals surface area contributed by atoms with Crippen LogP contribution < -0.4 is 10.2 Å². The number of nitrogens with one attached hydrogen (secondary N) is 1. The molecule has 0 saturated carbocycles. The largest absolute Gasteiger partial charge is 0.395 e. The van der Waals surface area contributed by atoms with Gasteiger partial charge in [0, 0.05) is 38.2 Å². The van der Waals surface area contributed by atoms with Crippen LogP contribution in [-0.4, -0.2) is 41.0 Å². The smallest absolute Gasteiger partial charge is 0.258 e. The van der Waals surface area contributed by atoms with E-state index in [1.165, 1.54) is 6.20 Å². The number of hydrogen-bond acceptors (Lipinski definition) is 4. The molecule has 0 spiro atoms. The van der Waals surface area contributed by atoms with E-state index in [1.54, 1.807) is 17.9 Å². The van der Waals surface area contributed by atoms with Crippen molar-refractivity contribution in [1.82, 2.24) is 9.78 Å². The molecule has 0 aliphatic heterocycles. The molecule has 6 heteroatoms. The molecule has 0 radical (unpaired) electrons. The molecule has 1 aromatic heterocycles. The third-order valence-corrected chi connectivity index (χ3v) is 2.97. The van der Waals surface area contributed by atoms with Gasteiger partial charge >= 0.3 is 0 Å². The molecule has 0 fully saturated rings. The molecule has 106 valence electrons. The minimum atomic E-state index is -0.186. The van der Waals surface area contributed by atoms with Crippen LogP contribution in [0.3, 0.4) is 0 Å². The molecule has 0 unspecified atom stereocenters. The lowest BCUT2D eigenvalue weighted by molar-refractivity contribution is 0.102. The topological polar surface area (TPSA) is 70.4 Å². The third-order valence-electron chi connectivity index (χ3n) is 2.97. The number of carbonyl (C=O) groups excluding carboxylic acids is 1. The molecule has 0 aliphatic carbocycles. The number of anilines is 2. The number of hydrogen-bond donors (Lipinski definition) is 2. The van der Waals surface area contributed by atoms with E-state index in [9.17, 15) is 4.79 Å². The molecule has 2 rings (SSSR count). The molecule has 20 heavy (non-hydrogen) atoms. The molecule has 1 aromatic carbocycles. The van der Waals surface area contributed by atoms with Crippen LogP contribution in [0.25, 0.3) is 0 Å². The van der Waals surface area contributed by atoms with Crippen molar-refractivity contribution in [2.75, 3.05) is 30.4 Å². The Morgan fingerprint density at radius 3 is 2.65 bits per heavy atom. The monoisotopic (exact) mass is 274 g/mol. The average Bonchev–Trinajstić information content (AvgIpc) is 2.86. The predicted octanol–water partition coefficient (Wildman–Crippen LogP) is 1.10. The third kappa shape index (κ3) is 3.36. The summed E-state index contributed by atoms with van der Waals surface area (Å²) in [5, 5.41) is 15.7. The quantitative estimate of drug-likeness (QED) is 0.856. The van der Waals surface area contributed by atoms with Crippen LogP contribution in [-0.2, 0) is 7.05 Å². The van der Waals surface area contributed by atoms with Gasteiger partial charge in [0.05, 0.1) is 18.4 Å². The van der Waals surface area contributed by atoms with Crippen LogP contribution in [0, 0.1) is 0 Å². The highest BCUT2D eigenvalue weighted by atomic mass is 16.3. The lowest BCUT2D eigenvalue weighted by Gasteiger charge is -2.18. The van der Waals surface area contributed by atoms with E-state index >= 15 is 0 Å². The summed E-state index contributed by atoms with van der Waals surface area (Å²) in [6, 6.07) is 7.46. The minimum absolute atomic E-state index is 0.107. The van der Waals surface area contributed by atoms with Gasteiger partial charge in [-0.15, -0.1) is 0 Å². The first-order valence-electron chi connectivity index (χ1n) is 6.32. The van der Waals surface area contributed by atoms with Gasteiger partial charge in [-0.3, -0.25) is 9.48 Å². The second-order valence-corrected chi connectivity index (χ2v) is 4.55. The van der Waals surface area contributed by atoms with Gasteiger partial charge in [-0.05, 0) is 24.3 Å². The first-order chi connectivity index (χ1) is 9.60. The molecule has 1 heterocycles. The van der Waals surface area contributed by atoms with E-state index in [-0.39, 0.29) is 12.5 Å². The highest BCUT2D eigenvalue weighted by Gasteiger charge is 2.08. The van der Waals surface area contributed by atoms with Crippen molar-refractivity contribution in [3.63, 3.8) is 0 Å². The Labute approximate surface area is 117 Å². The Bertz CT molecular complexity index is 577. The number of carbonyl (C=O) groups is 1. The van der Waals surface area contributed by atoms with Crippen molar-refractivity contribution >= 4 is 17.3 Å². The molecule has 0 atom stereocenters. The summed E-state index contributed by atoms with van der Waals surface area (Å²) in [6.07, 6.45) is 3.19. The number of amides is 1. The molecule has 1 amide bonds. The number of benzene rings is 1. The Morgan fingerprint density at radius 1 is 1.40 bits per heavy atom. The van der Waals surface area contributed by atoms with E-state index in [4.69, 9.17) is 5.11 Å². The van der Waals surface area contributed by atoms with Gasteiger partial charge in [0.15, 0.2) is 0 Å². The van der Waals surface area contributed by atoms with Crippen LogP contribution in [0.4, 0.5) is 11.4 Å². The summed E-state index contributed by atoms with van der Waals surface area (Å²) in [4.78, 5) is 13.9. The fourth-order valence-electron chi connectivity index (χ4n) is 1.82. The Balaban J connectivity index is 2.02. The highest BCUT2D eigenvalue weighted by molar-refractivity contribution is 6.03. The van der Waals surface area contributed by atoms with Crippen molar-refractivity contribution in [1.29, 1.82) is 0 Å². The summed E-state index contributed by atoms with van der Waals surface area (Å²) < 4.78 is 1.59. The second kappa shape index (κ2) is 6.21. The molecule has 2 aromatic rings. The number of aliphatic hydroxyl groups is 1. The van der Waals surface area contributed by atoms with Gasteiger partial charge in [-0.1, -0.05) is 0 Å². The first kappa shape index (κ1) is 14.1. The standard InChI is InChI=1S/C14H18N4O2/c1-17(7-8-19)13-5-3-12(4-6-13)16-14(20)11-9-15-18(2)10-11/h3-6,9-10,19H,7-8H2,1-2H3,(H,16,20). The first-order valence-corrected chi connectivity index (χ1v) is 6.32. The van der Waals surface area contributed by atoms with Crippen LogP contribution >= 0.6 is 0 Å². The lowest BCUT2D eigenvalue weighted by atomic mass is 10.2. The Kier molecular flexibility index (Phi) is 4.37. The fraction of sp³-hybridized carbons (Fsp3) is 0.286. The van der Waals surface area contributed by atoms with E-state index < -0.39 is 0 Å². The van der Waals surface area contributed by atoms with E-state index in [1.807, 2.05) is 36.2 Å². The summed E-state index contributed by atoms with van der Waals surface area (Å²) in [5.74, 6) is -0.186. The maximum atomic E-state index is 11.9. The molecule has 6 nitrogen and oxygen atoms in total. The van der Waals surface area contributed by atoms with Gasteiger partial charge in [-0.2, -0.15) is 5.10 Å². The summed E-state index contributed by atoms with van der Waals surface area (Å²) in [7, 11) is 3.67.